The van der Waals surface area contributed by atoms with Crippen LogP contribution in [0.15, 0.2) is 58.1 Å². The number of nitrogens with one attached hydrogen (secondary N) is 1. The molecule has 170 valence electrons. The normalized spacial score (nSPS) is 10.9. The number of amides is 1. The van der Waals surface area contributed by atoms with Crippen molar-refractivity contribution in [1.82, 2.24) is 9.13 Å². The summed E-state index contributed by atoms with van der Waals surface area (Å²) in [5.41, 5.74) is -0.337. The maximum atomic E-state index is 13.4. The Labute approximate surface area is 197 Å². The number of anilines is 1. The van der Waals surface area contributed by atoms with E-state index < -0.39 is 17.2 Å². The molecule has 2 aromatic carbocycles. The molecule has 1 N–H and O–H groups in total. The second-order valence-corrected chi connectivity index (χ2v) is 8.85. The summed E-state index contributed by atoms with van der Waals surface area (Å²) in [6.07, 6.45) is 0. The van der Waals surface area contributed by atoms with Gasteiger partial charge in [-0.25, -0.2) is 9.36 Å². The first-order valence-electron chi connectivity index (χ1n) is 9.86. The van der Waals surface area contributed by atoms with E-state index in [1.807, 2.05) is 6.92 Å². The molecule has 0 aliphatic rings. The highest BCUT2D eigenvalue weighted by Crippen LogP contribution is 2.29. The molecule has 0 unspecified atom stereocenters. The molecule has 0 aliphatic carbocycles. The lowest BCUT2D eigenvalue weighted by Gasteiger charge is -2.14. The van der Waals surface area contributed by atoms with Crippen LogP contribution >= 0.6 is 22.9 Å². The molecule has 0 saturated heterocycles. The van der Waals surface area contributed by atoms with Gasteiger partial charge in [-0.1, -0.05) is 17.7 Å². The third-order valence-corrected chi connectivity index (χ3v) is 6.30. The van der Waals surface area contributed by atoms with Crippen molar-refractivity contribution in [2.75, 3.05) is 19.5 Å². The smallest absolute Gasteiger partial charge is 0.337 e. The van der Waals surface area contributed by atoms with Crippen LogP contribution in [0, 0.1) is 6.92 Å². The molecule has 0 aliphatic heterocycles. The molecule has 0 radical (unpaired) electrons. The van der Waals surface area contributed by atoms with E-state index in [0.29, 0.717) is 38.1 Å². The van der Waals surface area contributed by atoms with E-state index in [2.05, 4.69) is 5.32 Å². The number of halogens is 1. The number of aromatic nitrogens is 2. The lowest BCUT2D eigenvalue weighted by atomic mass is 10.2. The second kappa shape index (κ2) is 9.13. The first-order valence-corrected chi connectivity index (χ1v) is 11.1. The van der Waals surface area contributed by atoms with Crippen molar-refractivity contribution >= 4 is 44.7 Å². The van der Waals surface area contributed by atoms with Gasteiger partial charge in [-0.3, -0.25) is 14.2 Å². The zero-order chi connectivity index (χ0) is 23.7. The van der Waals surface area contributed by atoms with E-state index in [4.69, 9.17) is 21.1 Å². The predicted molar refractivity (Wildman–Crippen MR) is 130 cm³/mol. The van der Waals surface area contributed by atoms with Crippen LogP contribution in [-0.4, -0.2) is 29.3 Å². The van der Waals surface area contributed by atoms with Crippen molar-refractivity contribution in [2.45, 2.75) is 13.5 Å². The number of aryl methyl sites for hydroxylation is 1. The zero-order valence-electron chi connectivity index (χ0n) is 18.0. The van der Waals surface area contributed by atoms with Crippen LogP contribution in [0.5, 0.6) is 11.5 Å². The molecule has 33 heavy (non-hydrogen) atoms. The number of carbonyl (C=O) groups is 1. The summed E-state index contributed by atoms with van der Waals surface area (Å²) in [5, 5.41) is 3.50. The first-order chi connectivity index (χ1) is 15.8. The zero-order valence-corrected chi connectivity index (χ0v) is 19.6. The lowest BCUT2D eigenvalue weighted by molar-refractivity contribution is -0.116. The molecule has 0 saturated carbocycles. The molecule has 2 heterocycles. The number of hydrogen-bond acceptors (Lipinski definition) is 6. The van der Waals surface area contributed by atoms with E-state index in [9.17, 15) is 14.4 Å². The quantitative estimate of drug-likeness (QED) is 0.448. The minimum absolute atomic E-state index is 0.300. The Hall–Kier alpha value is -3.56. The third-order valence-electron chi connectivity index (χ3n) is 4.99. The van der Waals surface area contributed by atoms with Crippen molar-refractivity contribution in [3.05, 3.63) is 79.3 Å². The van der Waals surface area contributed by atoms with Crippen molar-refractivity contribution in [3.8, 4) is 17.2 Å². The summed E-state index contributed by atoms with van der Waals surface area (Å²) < 4.78 is 12.8. The Morgan fingerprint density at radius 1 is 1.09 bits per heavy atom. The second-order valence-electron chi connectivity index (χ2n) is 7.18. The van der Waals surface area contributed by atoms with Gasteiger partial charge in [0.1, 0.15) is 22.9 Å². The van der Waals surface area contributed by atoms with Gasteiger partial charge in [-0.05, 0) is 43.3 Å². The van der Waals surface area contributed by atoms with Gasteiger partial charge in [0, 0.05) is 16.0 Å². The standard InChI is InChI=1S/C23H20ClN3O5S/c1-13-9-17-21(29)27(15-6-4-5-14(24)10-15)23(30)26(22(17)33-13)12-20(28)25-18-8-7-16(31-2)11-19(18)32-3/h4-11H,12H2,1-3H3,(H,25,28). The van der Waals surface area contributed by atoms with Gasteiger partial charge in [0.15, 0.2) is 0 Å². The highest BCUT2D eigenvalue weighted by Gasteiger charge is 2.19. The SMILES string of the molecule is COc1ccc(NC(=O)Cn2c(=O)n(-c3cccc(Cl)c3)c(=O)c3cc(C)sc32)c(OC)c1. The summed E-state index contributed by atoms with van der Waals surface area (Å²) >= 11 is 7.36. The number of hydrogen-bond donors (Lipinski definition) is 1. The van der Waals surface area contributed by atoms with Gasteiger partial charge in [0.2, 0.25) is 5.91 Å². The molecule has 0 fully saturated rings. The number of benzene rings is 2. The molecule has 2 aromatic heterocycles. The average Bonchev–Trinajstić information content (AvgIpc) is 3.19. The van der Waals surface area contributed by atoms with Gasteiger partial charge < -0.3 is 14.8 Å². The molecule has 0 bridgehead atoms. The molecule has 4 aromatic rings. The van der Waals surface area contributed by atoms with Gasteiger partial charge in [-0.15, -0.1) is 11.3 Å². The lowest BCUT2D eigenvalue weighted by Crippen LogP contribution is -2.40. The van der Waals surface area contributed by atoms with Crippen molar-refractivity contribution in [3.63, 3.8) is 0 Å². The molecule has 8 nitrogen and oxygen atoms in total. The molecule has 4 rings (SSSR count). The average molecular weight is 486 g/mol. The highest BCUT2D eigenvalue weighted by atomic mass is 35.5. The van der Waals surface area contributed by atoms with Gasteiger partial charge in [-0.2, -0.15) is 0 Å². The Balaban J connectivity index is 1.79. The number of carbonyl (C=O) groups excluding carboxylic acids is 1. The van der Waals surface area contributed by atoms with Gasteiger partial charge in [0.05, 0.1) is 31.0 Å². The van der Waals surface area contributed by atoms with Crippen LogP contribution in [0.3, 0.4) is 0 Å². The molecule has 0 spiro atoms. The summed E-state index contributed by atoms with van der Waals surface area (Å²) in [7, 11) is 3.01. The molecule has 10 heteroatoms. The monoisotopic (exact) mass is 485 g/mol. The molecular formula is C23H20ClN3O5S. The van der Waals surface area contributed by atoms with Crippen molar-refractivity contribution in [1.29, 1.82) is 0 Å². The fourth-order valence-electron chi connectivity index (χ4n) is 3.49. The molecule has 1 amide bonds. The molecular weight excluding hydrogens is 466 g/mol. The molecule has 0 atom stereocenters. The van der Waals surface area contributed by atoms with E-state index in [0.717, 1.165) is 9.44 Å². The summed E-state index contributed by atoms with van der Waals surface area (Å²) in [5.74, 6) is 0.533. The number of thiophene rings is 1. The minimum Gasteiger partial charge on any atom is -0.497 e. The highest BCUT2D eigenvalue weighted by molar-refractivity contribution is 7.18. The fraction of sp³-hybridized carbons (Fsp3) is 0.174. The Kier molecular flexibility index (Phi) is 6.26. The summed E-state index contributed by atoms with van der Waals surface area (Å²) in [6.45, 7) is 1.54. The van der Waals surface area contributed by atoms with E-state index in [1.54, 1.807) is 42.5 Å². The van der Waals surface area contributed by atoms with Gasteiger partial charge in [0.25, 0.3) is 5.56 Å². The number of fused-ring (bicyclic) bond motifs is 1. The fourth-order valence-corrected chi connectivity index (χ4v) is 4.66. The number of methoxy groups -OCH3 is 2. The van der Waals surface area contributed by atoms with Crippen LogP contribution in [0.2, 0.25) is 5.02 Å². The largest absolute Gasteiger partial charge is 0.497 e. The topological polar surface area (TPSA) is 91.6 Å². The Morgan fingerprint density at radius 3 is 2.58 bits per heavy atom. The van der Waals surface area contributed by atoms with E-state index >= 15 is 0 Å². The van der Waals surface area contributed by atoms with Crippen molar-refractivity contribution < 1.29 is 14.3 Å². The number of rotatable bonds is 6. The first kappa shape index (κ1) is 22.6. The van der Waals surface area contributed by atoms with E-state index in [1.165, 1.54) is 36.2 Å². The van der Waals surface area contributed by atoms with Crippen LogP contribution in [0.4, 0.5) is 5.69 Å². The van der Waals surface area contributed by atoms with Crippen LogP contribution in [0.1, 0.15) is 4.88 Å². The predicted octanol–water partition coefficient (Wildman–Crippen LogP) is 3.83. The Morgan fingerprint density at radius 2 is 1.88 bits per heavy atom. The summed E-state index contributed by atoms with van der Waals surface area (Å²) in [4.78, 5) is 40.7. The van der Waals surface area contributed by atoms with E-state index in [-0.39, 0.29) is 6.54 Å². The van der Waals surface area contributed by atoms with Crippen LogP contribution in [-0.2, 0) is 11.3 Å². The van der Waals surface area contributed by atoms with Crippen LogP contribution < -0.4 is 26.0 Å². The maximum absolute atomic E-state index is 13.4. The van der Waals surface area contributed by atoms with Crippen molar-refractivity contribution in [2.24, 2.45) is 0 Å². The minimum atomic E-state index is -0.631. The van der Waals surface area contributed by atoms with Gasteiger partial charge >= 0.3 is 5.69 Å². The summed E-state index contributed by atoms with van der Waals surface area (Å²) in [6, 6.07) is 13.1. The van der Waals surface area contributed by atoms with Crippen LogP contribution in [0.25, 0.3) is 15.9 Å². The number of ether oxygens (including phenoxy) is 2. The Bertz CT molecular complexity index is 1490. The third kappa shape index (κ3) is 4.37. The maximum Gasteiger partial charge on any atom is 0.337 e. The number of nitrogens with zero attached hydrogens (tertiary/aromatic N) is 2.